The fourth-order valence-corrected chi connectivity index (χ4v) is 15.3. The third-order valence-corrected chi connectivity index (χ3v) is 14.6. The number of allylic oxidation sites excluding steroid dienone is 4. The molecule has 0 N–H and O–H groups in total. The Bertz CT molecular complexity index is 780. The SMILES string of the molecule is CC1=C(C)C(C)[C]([Ti]([CH3])([CH3])([SiH3])[O]c2cc(C)cc(C(C)(C)C)c2)=C1C.Cl.Cl. The maximum absolute atomic E-state index is 7.00. The van der Waals surface area contributed by atoms with E-state index in [-0.39, 0.29) is 30.2 Å². The van der Waals surface area contributed by atoms with Crippen LogP contribution < -0.4 is 3.32 Å². The Hall–Kier alpha value is 0.0112. The molecule has 1 aromatic rings. The second-order valence-electron chi connectivity index (χ2n) is 10.4. The van der Waals surface area contributed by atoms with Crippen molar-refractivity contribution in [1.82, 2.24) is 0 Å². The summed E-state index contributed by atoms with van der Waals surface area (Å²) in [6, 6.07) is 6.81. The van der Waals surface area contributed by atoms with Gasteiger partial charge in [0.05, 0.1) is 0 Å². The van der Waals surface area contributed by atoms with Crippen LogP contribution in [0.3, 0.4) is 0 Å². The minimum Gasteiger partial charge on any atom is -0.147 e. The molecule has 1 aliphatic rings. The Morgan fingerprint density at radius 3 is 1.85 bits per heavy atom. The van der Waals surface area contributed by atoms with E-state index in [1.165, 1.54) is 27.8 Å². The van der Waals surface area contributed by atoms with Crippen LogP contribution in [0.2, 0.25) is 10.5 Å². The molecule has 2 rings (SSSR count). The summed E-state index contributed by atoms with van der Waals surface area (Å²) in [5.74, 6) is 1.62. The molecule has 0 radical (unpaired) electrons. The summed E-state index contributed by atoms with van der Waals surface area (Å²) in [6.07, 6.45) is 0. The Morgan fingerprint density at radius 1 is 0.926 bits per heavy atom. The molecule has 1 unspecified atom stereocenters. The number of hydrogen-bond acceptors (Lipinski definition) is 1. The molecule has 0 bridgehead atoms. The van der Waals surface area contributed by atoms with Gasteiger partial charge in [-0.05, 0) is 0 Å². The van der Waals surface area contributed by atoms with Gasteiger partial charge >= 0.3 is 159 Å². The summed E-state index contributed by atoms with van der Waals surface area (Å²) in [6.45, 7) is 18.3. The summed E-state index contributed by atoms with van der Waals surface area (Å²) in [5, 5.41) is 4.95. The van der Waals surface area contributed by atoms with Gasteiger partial charge in [-0.25, -0.2) is 0 Å². The molecule has 0 aliphatic heterocycles. The van der Waals surface area contributed by atoms with Crippen LogP contribution in [0, 0.1) is 12.8 Å². The standard InChI is InChI=1S/C11H16O.C9H13.2CH3.2ClH.H3Si.Ti/c1-8-5-9(11(2,3)4)7-10(12)6-8;1-6-5-7(2)9(4)8(6)3;;;;;;/h5-7,12H,1-4H3;6H,1-4H3;2*1H3;2*1H;1H3;/q;;;;;;;+1/p-1. The summed E-state index contributed by atoms with van der Waals surface area (Å²) in [7, 11) is 1.11. The van der Waals surface area contributed by atoms with Crippen molar-refractivity contribution < 1.29 is 18.3 Å². The van der Waals surface area contributed by atoms with Crippen molar-refractivity contribution in [2.45, 2.75) is 71.3 Å². The fourth-order valence-electron chi connectivity index (χ4n) is 4.45. The van der Waals surface area contributed by atoms with Gasteiger partial charge in [0.15, 0.2) is 0 Å². The number of rotatable bonds is 3. The minimum atomic E-state index is -3.14. The second kappa shape index (κ2) is 8.40. The first-order valence-corrected chi connectivity index (χ1v) is 19.8. The van der Waals surface area contributed by atoms with Crippen molar-refractivity contribution in [2.24, 2.45) is 5.92 Å². The minimum absolute atomic E-state index is 0. The van der Waals surface area contributed by atoms with Crippen molar-refractivity contribution >= 4 is 32.9 Å². The average Bonchev–Trinajstić information content (AvgIpc) is 2.60. The van der Waals surface area contributed by atoms with Gasteiger partial charge in [0, 0.05) is 0 Å². The van der Waals surface area contributed by atoms with Gasteiger partial charge in [0.1, 0.15) is 0 Å². The molecule has 5 heteroatoms. The molecular formula is C22H39Cl2OSiTi. The van der Waals surface area contributed by atoms with Gasteiger partial charge in [-0.15, -0.1) is 24.8 Å². The van der Waals surface area contributed by atoms with E-state index in [2.05, 4.69) is 84.0 Å². The van der Waals surface area contributed by atoms with Gasteiger partial charge in [0.2, 0.25) is 0 Å². The summed E-state index contributed by atoms with van der Waals surface area (Å²) >= 11 is -3.14. The van der Waals surface area contributed by atoms with Gasteiger partial charge in [0.25, 0.3) is 0 Å². The van der Waals surface area contributed by atoms with E-state index in [1.54, 1.807) is 3.88 Å². The molecule has 0 spiro atoms. The van der Waals surface area contributed by atoms with Crippen LogP contribution in [0.4, 0.5) is 0 Å². The molecule has 0 saturated carbocycles. The maximum Gasteiger partial charge on any atom is -0.147 e. The van der Waals surface area contributed by atoms with E-state index >= 15 is 0 Å². The first-order valence-electron chi connectivity index (χ1n) is 9.54. The molecule has 1 atom stereocenters. The number of halogens is 2. The van der Waals surface area contributed by atoms with Crippen molar-refractivity contribution in [2.75, 3.05) is 0 Å². The molecule has 1 nitrogen and oxygen atoms in total. The Kier molecular flexibility index (Phi) is 8.40. The van der Waals surface area contributed by atoms with Crippen molar-refractivity contribution in [3.63, 3.8) is 0 Å². The zero-order chi connectivity index (χ0) is 19.4. The van der Waals surface area contributed by atoms with Gasteiger partial charge < -0.3 is 0 Å². The quantitative estimate of drug-likeness (QED) is 0.448. The molecule has 1 aromatic carbocycles. The van der Waals surface area contributed by atoms with Crippen LogP contribution in [-0.2, 0) is 20.4 Å². The molecule has 0 fully saturated rings. The van der Waals surface area contributed by atoms with E-state index in [4.69, 9.17) is 3.32 Å². The van der Waals surface area contributed by atoms with Crippen LogP contribution in [0.1, 0.15) is 59.6 Å². The topological polar surface area (TPSA) is 9.23 Å². The molecule has 0 aromatic heterocycles. The predicted molar refractivity (Wildman–Crippen MR) is 127 cm³/mol. The summed E-state index contributed by atoms with van der Waals surface area (Å²) in [4.78, 5) is 0. The first kappa shape index (κ1) is 27.0. The van der Waals surface area contributed by atoms with Crippen molar-refractivity contribution in [1.29, 1.82) is 0 Å². The van der Waals surface area contributed by atoms with Gasteiger partial charge in [-0.1, -0.05) is 0 Å². The van der Waals surface area contributed by atoms with Crippen LogP contribution in [0.15, 0.2) is 38.8 Å². The van der Waals surface area contributed by atoms with E-state index in [0.29, 0.717) is 5.92 Å². The van der Waals surface area contributed by atoms with E-state index in [0.717, 1.165) is 13.9 Å². The maximum atomic E-state index is 7.00. The molecule has 0 heterocycles. The summed E-state index contributed by atoms with van der Waals surface area (Å²) < 4.78 is 8.65. The average molecular weight is 466 g/mol. The van der Waals surface area contributed by atoms with Gasteiger partial charge in [-0.2, -0.15) is 0 Å². The van der Waals surface area contributed by atoms with Gasteiger partial charge in [-0.3, -0.25) is 0 Å². The Labute approximate surface area is 183 Å². The number of benzene rings is 1. The summed E-state index contributed by atoms with van der Waals surface area (Å²) in [5.41, 5.74) is 7.33. The molecule has 1 aliphatic carbocycles. The van der Waals surface area contributed by atoms with Crippen LogP contribution in [0.5, 0.6) is 5.75 Å². The Morgan fingerprint density at radius 2 is 1.44 bits per heavy atom. The largest absolute Gasteiger partial charge is 0.147 e. The van der Waals surface area contributed by atoms with Crippen molar-refractivity contribution in [3.8, 4) is 5.75 Å². The normalized spacial score (nSPS) is 19.3. The van der Waals surface area contributed by atoms with E-state index in [9.17, 15) is 0 Å². The monoisotopic (exact) mass is 465 g/mol. The smallest absolute Gasteiger partial charge is 0.147 e. The fraction of sp³-hybridized carbons (Fsp3) is 0.545. The molecule has 0 amide bonds. The molecule has 27 heavy (non-hydrogen) atoms. The zero-order valence-electron chi connectivity index (χ0n) is 19.0. The zero-order valence-corrected chi connectivity index (χ0v) is 24.2. The first-order chi connectivity index (χ1) is 11.1. The second-order valence-corrected chi connectivity index (χ2v) is 32.8. The predicted octanol–water partition coefficient (Wildman–Crippen LogP) is 6.76. The van der Waals surface area contributed by atoms with Crippen LogP contribution >= 0.6 is 24.8 Å². The van der Waals surface area contributed by atoms with Crippen LogP contribution in [0.25, 0.3) is 0 Å². The van der Waals surface area contributed by atoms with Crippen LogP contribution in [-0.4, -0.2) is 8.11 Å². The molecule has 155 valence electrons. The van der Waals surface area contributed by atoms with Crippen molar-refractivity contribution in [3.05, 3.63) is 49.9 Å². The molecular weight excluding hydrogens is 427 g/mol. The Balaban J connectivity index is 0.00000338. The number of aryl methyl sites for hydroxylation is 1. The number of hydrogen-bond donors (Lipinski definition) is 0. The third kappa shape index (κ3) is 5.54. The third-order valence-electron chi connectivity index (χ3n) is 5.95. The molecule has 0 saturated heterocycles. The van der Waals surface area contributed by atoms with E-state index in [1.807, 2.05) is 0 Å². The van der Waals surface area contributed by atoms with E-state index < -0.39 is 14.9 Å².